The molecule has 1 aromatic rings. The zero-order chi connectivity index (χ0) is 25.1. The number of hydrogen-bond donors (Lipinski definition) is 8. The Morgan fingerprint density at radius 2 is 1.33 bits per heavy atom. The number of aliphatic carboxylic acids is 1. The van der Waals surface area contributed by atoms with Gasteiger partial charge >= 0.3 is 5.97 Å². The van der Waals surface area contributed by atoms with Crippen LogP contribution in [-0.2, 0) is 25.6 Å². The average molecular weight is 469 g/mol. The van der Waals surface area contributed by atoms with E-state index in [1.807, 2.05) is 13.8 Å². The molecule has 0 saturated carbocycles. The summed E-state index contributed by atoms with van der Waals surface area (Å²) in [5.74, 6) is -3.81. The van der Waals surface area contributed by atoms with Crippen molar-refractivity contribution in [1.29, 1.82) is 0 Å². The Bertz CT molecular complexity index is 815. The zero-order valence-electron chi connectivity index (χ0n) is 18.5. The first-order chi connectivity index (χ1) is 15.5. The van der Waals surface area contributed by atoms with E-state index < -0.39 is 61.1 Å². The molecule has 4 atom stereocenters. The van der Waals surface area contributed by atoms with Crippen molar-refractivity contribution in [3.63, 3.8) is 0 Å². The number of nitrogens with one attached hydrogen (secondary N) is 3. The number of carbonyl (C=O) groups excluding carboxylic acids is 3. The number of aromatic hydroxyl groups is 1. The first-order valence-corrected chi connectivity index (χ1v) is 10.4. The zero-order valence-corrected chi connectivity index (χ0v) is 18.5. The maximum Gasteiger partial charge on any atom is 0.328 e. The standard InChI is InChI=1S/C21H32N4O8/c1-11(2)7-14(22)18(29)24-16(9-26)20(31)23-15(8-12-3-5-13(28)6-4-12)19(30)25-17(10-27)21(32)33/h3-6,11,14-17,26-28H,7-10,22H2,1-2H3,(H,23,31)(H,24,29)(H,25,30)(H,32,33). The summed E-state index contributed by atoms with van der Waals surface area (Å²) in [6.45, 7) is 2.09. The van der Waals surface area contributed by atoms with Crippen LogP contribution in [0.3, 0.4) is 0 Å². The molecule has 0 aromatic heterocycles. The van der Waals surface area contributed by atoms with Crippen molar-refractivity contribution in [3.8, 4) is 5.75 Å². The SMILES string of the molecule is CC(C)CC(N)C(=O)NC(CO)C(=O)NC(Cc1ccc(O)cc1)C(=O)NC(CO)C(=O)O. The Labute approximate surface area is 191 Å². The van der Waals surface area contributed by atoms with E-state index in [4.69, 9.17) is 15.9 Å². The van der Waals surface area contributed by atoms with Gasteiger partial charge in [0.2, 0.25) is 17.7 Å². The van der Waals surface area contributed by atoms with Crippen molar-refractivity contribution in [2.45, 2.75) is 50.9 Å². The predicted octanol–water partition coefficient (Wildman–Crippen LogP) is -2.17. The molecule has 0 bridgehead atoms. The molecule has 0 heterocycles. The van der Waals surface area contributed by atoms with Crippen LogP contribution in [0.4, 0.5) is 0 Å². The van der Waals surface area contributed by atoms with Gasteiger partial charge in [-0.05, 0) is 30.0 Å². The van der Waals surface area contributed by atoms with Gasteiger partial charge in [-0.15, -0.1) is 0 Å². The number of carboxylic acids is 1. The summed E-state index contributed by atoms with van der Waals surface area (Å²) in [6.07, 6.45) is 0.254. The van der Waals surface area contributed by atoms with E-state index in [2.05, 4.69) is 16.0 Å². The van der Waals surface area contributed by atoms with Crippen molar-refractivity contribution in [2.24, 2.45) is 11.7 Å². The minimum absolute atomic E-state index is 0.0178. The van der Waals surface area contributed by atoms with Gasteiger partial charge in [0.05, 0.1) is 19.3 Å². The molecule has 33 heavy (non-hydrogen) atoms. The van der Waals surface area contributed by atoms with Crippen LogP contribution in [0.1, 0.15) is 25.8 Å². The fourth-order valence-electron chi connectivity index (χ4n) is 2.89. The van der Waals surface area contributed by atoms with Crippen molar-refractivity contribution in [1.82, 2.24) is 16.0 Å². The van der Waals surface area contributed by atoms with Gasteiger partial charge in [-0.1, -0.05) is 26.0 Å². The lowest BCUT2D eigenvalue weighted by molar-refractivity contribution is -0.143. The number of carboxylic acid groups (broad SMARTS) is 1. The van der Waals surface area contributed by atoms with Crippen LogP contribution in [0.15, 0.2) is 24.3 Å². The highest BCUT2D eigenvalue weighted by molar-refractivity contribution is 5.94. The summed E-state index contributed by atoms with van der Waals surface area (Å²) >= 11 is 0. The quantitative estimate of drug-likeness (QED) is 0.158. The molecule has 184 valence electrons. The maximum atomic E-state index is 12.7. The fourth-order valence-corrected chi connectivity index (χ4v) is 2.89. The summed E-state index contributed by atoms with van der Waals surface area (Å²) in [5.41, 5.74) is 6.32. The number of aliphatic hydroxyl groups excluding tert-OH is 2. The molecular weight excluding hydrogens is 436 g/mol. The van der Waals surface area contributed by atoms with Crippen molar-refractivity contribution in [3.05, 3.63) is 29.8 Å². The van der Waals surface area contributed by atoms with Crippen LogP contribution in [0.2, 0.25) is 0 Å². The summed E-state index contributed by atoms with van der Waals surface area (Å²) < 4.78 is 0. The molecule has 1 aromatic carbocycles. The van der Waals surface area contributed by atoms with E-state index in [9.17, 15) is 29.4 Å². The molecule has 0 aliphatic heterocycles. The number of aliphatic hydroxyl groups is 2. The lowest BCUT2D eigenvalue weighted by Crippen LogP contribution is -2.58. The molecule has 3 amide bonds. The van der Waals surface area contributed by atoms with Gasteiger partial charge in [0.25, 0.3) is 0 Å². The molecule has 0 aliphatic carbocycles. The van der Waals surface area contributed by atoms with Gasteiger partial charge in [0.1, 0.15) is 23.9 Å². The second-order valence-corrected chi connectivity index (χ2v) is 7.99. The first kappa shape index (κ1) is 27.8. The molecule has 0 fully saturated rings. The molecule has 1 rings (SSSR count). The highest BCUT2D eigenvalue weighted by Gasteiger charge is 2.30. The van der Waals surface area contributed by atoms with Gasteiger partial charge in [-0.2, -0.15) is 0 Å². The molecular formula is C21H32N4O8. The van der Waals surface area contributed by atoms with Gasteiger partial charge in [0, 0.05) is 6.42 Å². The highest BCUT2D eigenvalue weighted by Crippen LogP contribution is 2.12. The maximum absolute atomic E-state index is 12.7. The number of rotatable bonds is 13. The third-order valence-corrected chi connectivity index (χ3v) is 4.68. The van der Waals surface area contributed by atoms with Crippen LogP contribution in [0, 0.1) is 5.92 Å². The third-order valence-electron chi connectivity index (χ3n) is 4.68. The monoisotopic (exact) mass is 468 g/mol. The Morgan fingerprint density at radius 3 is 1.82 bits per heavy atom. The molecule has 4 unspecified atom stereocenters. The van der Waals surface area contributed by atoms with Crippen LogP contribution in [-0.4, -0.2) is 81.5 Å². The second-order valence-electron chi connectivity index (χ2n) is 7.99. The average Bonchev–Trinajstić information content (AvgIpc) is 2.75. The topological polar surface area (TPSA) is 211 Å². The Kier molecular flexibility index (Phi) is 11.3. The van der Waals surface area contributed by atoms with E-state index >= 15 is 0 Å². The van der Waals surface area contributed by atoms with Crippen LogP contribution < -0.4 is 21.7 Å². The van der Waals surface area contributed by atoms with Crippen LogP contribution >= 0.6 is 0 Å². The Hall–Kier alpha value is -3.22. The number of amides is 3. The van der Waals surface area contributed by atoms with Crippen molar-refractivity contribution < 1.29 is 39.6 Å². The van der Waals surface area contributed by atoms with E-state index in [1.54, 1.807) is 0 Å². The molecule has 12 nitrogen and oxygen atoms in total. The first-order valence-electron chi connectivity index (χ1n) is 10.4. The van der Waals surface area contributed by atoms with E-state index in [1.165, 1.54) is 24.3 Å². The highest BCUT2D eigenvalue weighted by atomic mass is 16.4. The number of phenols is 1. The summed E-state index contributed by atoms with van der Waals surface area (Å²) in [6, 6.07) is 0.518. The molecule has 0 spiro atoms. The minimum atomic E-state index is -1.60. The molecule has 0 aliphatic rings. The smallest absolute Gasteiger partial charge is 0.328 e. The van der Waals surface area contributed by atoms with Crippen LogP contribution in [0.25, 0.3) is 0 Å². The fraction of sp³-hybridized carbons (Fsp3) is 0.524. The molecule has 9 N–H and O–H groups in total. The van der Waals surface area contributed by atoms with Crippen molar-refractivity contribution in [2.75, 3.05) is 13.2 Å². The van der Waals surface area contributed by atoms with Gasteiger partial charge in [-0.25, -0.2) is 4.79 Å². The number of benzene rings is 1. The predicted molar refractivity (Wildman–Crippen MR) is 117 cm³/mol. The van der Waals surface area contributed by atoms with Gasteiger partial charge < -0.3 is 42.1 Å². The number of hydrogen-bond acceptors (Lipinski definition) is 8. The lowest BCUT2D eigenvalue weighted by atomic mass is 10.0. The number of nitrogens with two attached hydrogens (primary N) is 1. The van der Waals surface area contributed by atoms with Crippen molar-refractivity contribution >= 4 is 23.7 Å². The van der Waals surface area contributed by atoms with Gasteiger partial charge in [0.15, 0.2) is 0 Å². The van der Waals surface area contributed by atoms with E-state index in [0.717, 1.165) is 0 Å². The largest absolute Gasteiger partial charge is 0.508 e. The van der Waals surface area contributed by atoms with Crippen LogP contribution in [0.5, 0.6) is 5.75 Å². The lowest BCUT2D eigenvalue weighted by Gasteiger charge is -2.24. The third kappa shape index (κ3) is 9.43. The second kappa shape index (κ2) is 13.4. The molecule has 12 heteroatoms. The van der Waals surface area contributed by atoms with Gasteiger partial charge in [-0.3, -0.25) is 14.4 Å². The Morgan fingerprint density at radius 1 is 0.848 bits per heavy atom. The number of carbonyl (C=O) groups is 4. The number of phenolic OH excluding ortho intramolecular Hbond substituents is 1. The summed E-state index contributed by atoms with van der Waals surface area (Å²) in [4.78, 5) is 48.7. The molecule has 0 radical (unpaired) electrons. The summed E-state index contributed by atoms with van der Waals surface area (Å²) in [7, 11) is 0. The summed E-state index contributed by atoms with van der Waals surface area (Å²) in [5, 5.41) is 44.1. The van der Waals surface area contributed by atoms with E-state index in [-0.39, 0.29) is 18.1 Å². The normalized spacial score (nSPS) is 14.6. The molecule has 0 saturated heterocycles. The Balaban J connectivity index is 2.99. The van der Waals surface area contributed by atoms with E-state index in [0.29, 0.717) is 12.0 Å². The minimum Gasteiger partial charge on any atom is -0.508 e.